The maximum atomic E-state index is 11.4. The van der Waals surface area contributed by atoms with Gasteiger partial charge in [0.1, 0.15) is 17.3 Å². The van der Waals surface area contributed by atoms with Crippen molar-refractivity contribution >= 4 is 5.78 Å². The van der Waals surface area contributed by atoms with Gasteiger partial charge >= 0.3 is 0 Å². The van der Waals surface area contributed by atoms with Crippen LogP contribution in [0.5, 0.6) is 11.5 Å². The Morgan fingerprint density at radius 1 is 1.19 bits per heavy atom. The van der Waals surface area contributed by atoms with Crippen LogP contribution in [0.4, 0.5) is 0 Å². The van der Waals surface area contributed by atoms with Crippen LogP contribution in [0.25, 0.3) is 0 Å². The highest BCUT2D eigenvalue weighted by molar-refractivity contribution is 5.81. The first kappa shape index (κ1) is 12.6. The molecule has 0 aromatic heterocycles. The molecular formula is C13H18O3. The van der Waals surface area contributed by atoms with Crippen LogP contribution in [0, 0.1) is 6.92 Å². The Balaban J connectivity index is 3.09. The largest absolute Gasteiger partial charge is 0.496 e. The molecule has 0 unspecified atom stereocenters. The first-order valence-corrected chi connectivity index (χ1v) is 5.35. The van der Waals surface area contributed by atoms with E-state index in [1.54, 1.807) is 14.2 Å². The Morgan fingerprint density at radius 2 is 1.81 bits per heavy atom. The van der Waals surface area contributed by atoms with Crippen molar-refractivity contribution in [3.05, 3.63) is 23.3 Å². The second-order valence-electron chi connectivity index (χ2n) is 3.70. The molecule has 88 valence electrons. The summed E-state index contributed by atoms with van der Waals surface area (Å²) in [4.78, 5) is 11.4. The minimum atomic E-state index is 0.198. The van der Waals surface area contributed by atoms with Crippen molar-refractivity contribution in [3.63, 3.8) is 0 Å². The molecule has 0 radical (unpaired) electrons. The molecule has 1 aromatic rings. The molecule has 0 heterocycles. The number of ether oxygens (including phenoxy) is 2. The Labute approximate surface area is 96.4 Å². The number of benzene rings is 1. The zero-order valence-electron chi connectivity index (χ0n) is 10.3. The maximum absolute atomic E-state index is 11.4. The topological polar surface area (TPSA) is 35.5 Å². The van der Waals surface area contributed by atoms with Crippen LogP contribution < -0.4 is 9.47 Å². The molecule has 0 spiro atoms. The first-order chi connectivity index (χ1) is 7.62. The van der Waals surface area contributed by atoms with E-state index in [0.29, 0.717) is 12.8 Å². The molecule has 0 amide bonds. The molecule has 1 aromatic carbocycles. The van der Waals surface area contributed by atoms with Gasteiger partial charge < -0.3 is 9.47 Å². The predicted molar refractivity (Wildman–Crippen MR) is 63.3 cm³/mol. The molecule has 1 rings (SSSR count). The van der Waals surface area contributed by atoms with Crippen molar-refractivity contribution in [1.82, 2.24) is 0 Å². The minimum Gasteiger partial charge on any atom is -0.496 e. The molecule has 0 saturated heterocycles. The highest BCUT2D eigenvalue weighted by Gasteiger charge is 2.11. The summed E-state index contributed by atoms with van der Waals surface area (Å²) in [7, 11) is 3.24. The normalized spacial score (nSPS) is 10.0. The molecule has 0 bridgehead atoms. The van der Waals surface area contributed by atoms with Gasteiger partial charge in [0.25, 0.3) is 0 Å². The smallest absolute Gasteiger partial charge is 0.137 e. The molecule has 0 atom stereocenters. The summed E-state index contributed by atoms with van der Waals surface area (Å²) < 4.78 is 10.5. The Kier molecular flexibility index (Phi) is 4.35. The van der Waals surface area contributed by atoms with E-state index < -0.39 is 0 Å². The summed E-state index contributed by atoms with van der Waals surface area (Å²) >= 11 is 0. The zero-order chi connectivity index (χ0) is 12.1. The Morgan fingerprint density at radius 3 is 2.31 bits per heavy atom. The van der Waals surface area contributed by atoms with Gasteiger partial charge in [-0.05, 0) is 24.6 Å². The molecule has 0 aliphatic carbocycles. The van der Waals surface area contributed by atoms with Crippen LogP contribution in [0.2, 0.25) is 0 Å². The molecule has 0 saturated carbocycles. The fourth-order valence-electron chi connectivity index (χ4n) is 1.59. The predicted octanol–water partition coefficient (Wildman–Crippen LogP) is 2.53. The summed E-state index contributed by atoms with van der Waals surface area (Å²) in [6.07, 6.45) is 0.940. The van der Waals surface area contributed by atoms with Gasteiger partial charge in [0.15, 0.2) is 0 Å². The Bertz CT molecular complexity index is 383. The fraction of sp³-hybridized carbons (Fsp3) is 0.462. The maximum Gasteiger partial charge on any atom is 0.137 e. The highest BCUT2D eigenvalue weighted by Crippen LogP contribution is 2.28. The lowest BCUT2D eigenvalue weighted by atomic mass is 10.0. The molecule has 3 heteroatoms. The SMILES string of the molecule is CCC(=O)Cc1cc(OC)c(C)cc1OC. The van der Waals surface area contributed by atoms with Crippen molar-refractivity contribution in [3.8, 4) is 11.5 Å². The van der Waals surface area contributed by atoms with Crippen LogP contribution in [0.15, 0.2) is 12.1 Å². The van der Waals surface area contributed by atoms with E-state index in [1.807, 2.05) is 26.0 Å². The first-order valence-electron chi connectivity index (χ1n) is 5.35. The molecule has 3 nitrogen and oxygen atoms in total. The van der Waals surface area contributed by atoms with Crippen molar-refractivity contribution in [2.75, 3.05) is 14.2 Å². The van der Waals surface area contributed by atoms with Crippen LogP contribution in [-0.2, 0) is 11.2 Å². The lowest BCUT2D eigenvalue weighted by molar-refractivity contribution is -0.118. The Hall–Kier alpha value is -1.51. The number of rotatable bonds is 5. The second kappa shape index (κ2) is 5.54. The highest BCUT2D eigenvalue weighted by atomic mass is 16.5. The van der Waals surface area contributed by atoms with Gasteiger partial charge in [-0.25, -0.2) is 0 Å². The van der Waals surface area contributed by atoms with Crippen molar-refractivity contribution < 1.29 is 14.3 Å². The van der Waals surface area contributed by atoms with Gasteiger partial charge in [-0.1, -0.05) is 6.92 Å². The van der Waals surface area contributed by atoms with E-state index in [0.717, 1.165) is 22.6 Å². The molecule has 0 fully saturated rings. The van der Waals surface area contributed by atoms with Gasteiger partial charge in [0.05, 0.1) is 14.2 Å². The summed E-state index contributed by atoms with van der Waals surface area (Å²) in [5.41, 5.74) is 1.89. The lowest BCUT2D eigenvalue weighted by Crippen LogP contribution is -2.03. The lowest BCUT2D eigenvalue weighted by Gasteiger charge is -2.12. The van der Waals surface area contributed by atoms with Gasteiger partial charge in [-0.2, -0.15) is 0 Å². The average Bonchev–Trinajstić information content (AvgIpc) is 2.30. The van der Waals surface area contributed by atoms with E-state index in [2.05, 4.69) is 0 Å². The number of hydrogen-bond donors (Lipinski definition) is 0. The van der Waals surface area contributed by atoms with Crippen LogP contribution in [-0.4, -0.2) is 20.0 Å². The van der Waals surface area contributed by atoms with Crippen LogP contribution in [0.3, 0.4) is 0 Å². The summed E-state index contributed by atoms with van der Waals surface area (Å²) in [5.74, 6) is 1.74. The number of Topliss-reactive ketones (excluding diaryl/α,β-unsaturated/α-hetero) is 1. The fourth-order valence-corrected chi connectivity index (χ4v) is 1.59. The van der Waals surface area contributed by atoms with E-state index in [-0.39, 0.29) is 5.78 Å². The van der Waals surface area contributed by atoms with Gasteiger partial charge in [0, 0.05) is 18.4 Å². The molecule has 0 aliphatic rings. The van der Waals surface area contributed by atoms with E-state index in [1.165, 1.54) is 0 Å². The van der Waals surface area contributed by atoms with E-state index in [4.69, 9.17) is 9.47 Å². The molecular weight excluding hydrogens is 204 g/mol. The number of aryl methyl sites for hydroxylation is 1. The summed E-state index contributed by atoms with van der Waals surface area (Å²) in [6.45, 7) is 3.81. The monoisotopic (exact) mass is 222 g/mol. The van der Waals surface area contributed by atoms with Crippen LogP contribution in [0.1, 0.15) is 24.5 Å². The number of carbonyl (C=O) groups excluding carboxylic acids is 1. The minimum absolute atomic E-state index is 0.198. The van der Waals surface area contributed by atoms with Gasteiger partial charge in [-0.15, -0.1) is 0 Å². The summed E-state index contributed by atoms with van der Waals surface area (Å²) in [5, 5.41) is 0. The molecule has 0 aliphatic heterocycles. The molecule has 0 N–H and O–H groups in total. The number of methoxy groups -OCH3 is 2. The third kappa shape index (κ3) is 2.75. The third-order valence-corrected chi connectivity index (χ3v) is 2.58. The van der Waals surface area contributed by atoms with E-state index >= 15 is 0 Å². The second-order valence-corrected chi connectivity index (χ2v) is 3.70. The summed E-state index contributed by atoms with van der Waals surface area (Å²) in [6, 6.07) is 3.78. The quantitative estimate of drug-likeness (QED) is 0.768. The van der Waals surface area contributed by atoms with Crippen molar-refractivity contribution in [2.24, 2.45) is 0 Å². The number of hydrogen-bond acceptors (Lipinski definition) is 3. The standard InChI is InChI=1S/C13H18O3/c1-5-11(14)7-10-8-12(15-3)9(2)6-13(10)16-4/h6,8H,5,7H2,1-4H3. The van der Waals surface area contributed by atoms with Gasteiger partial charge in [-0.3, -0.25) is 4.79 Å². The number of carbonyl (C=O) groups is 1. The van der Waals surface area contributed by atoms with Gasteiger partial charge in [0.2, 0.25) is 0 Å². The average molecular weight is 222 g/mol. The van der Waals surface area contributed by atoms with Crippen molar-refractivity contribution in [1.29, 1.82) is 0 Å². The molecule has 16 heavy (non-hydrogen) atoms. The van der Waals surface area contributed by atoms with E-state index in [9.17, 15) is 4.79 Å². The zero-order valence-corrected chi connectivity index (χ0v) is 10.3. The van der Waals surface area contributed by atoms with Crippen LogP contribution >= 0.6 is 0 Å². The number of ketones is 1. The third-order valence-electron chi connectivity index (χ3n) is 2.58. The van der Waals surface area contributed by atoms with Crippen molar-refractivity contribution in [2.45, 2.75) is 26.7 Å².